The molecule has 0 aromatic heterocycles. The predicted molar refractivity (Wildman–Crippen MR) is 59.6 cm³/mol. The average molecular weight is 192 g/mol. The van der Waals surface area contributed by atoms with E-state index in [1.807, 2.05) is 0 Å². The normalized spacial score (nSPS) is 3.00. The highest BCUT2D eigenvalue weighted by Crippen LogP contribution is 1.32. The van der Waals surface area contributed by atoms with Gasteiger partial charge in [0.1, 0.15) is 0 Å². The molecule has 0 rings (SSSR count). The highest BCUT2D eigenvalue weighted by Gasteiger charge is 0.907. The Bertz CT molecular complexity index is 8.00. The molecule has 0 saturated carbocycles. The van der Waals surface area contributed by atoms with Crippen LogP contribution in [0.2, 0.25) is 0 Å². The van der Waals surface area contributed by atoms with Crippen molar-refractivity contribution in [3.8, 4) is 0 Å². The maximum atomic E-state index is 3.53. The first-order valence-electron chi connectivity index (χ1n) is 1.79. The van der Waals surface area contributed by atoms with E-state index in [9.17, 15) is 0 Å². The molecule has 0 radical (unpaired) electrons. The lowest BCUT2D eigenvalue weighted by molar-refractivity contribution is 2.55. The van der Waals surface area contributed by atoms with E-state index in [2.05, 4.69) is 50.5 Å². The summed E-state index contributed by atoms with van der Waals surface area (Å²) in [6, 6.07) is 0. The maximum Gasteiger partial charge on any atom is -0.0215 e. The summed E-state index contributed by atoms with van der Waals surface area (Å²) in [5.74, 6) is 0. The van der Waals surface area contributed by atoms with Crippen molar-refractivity contribution in [2.75, 3.05) is 25.0 Å². The number of hydrogen-bond donors (Lipinski definition) is 4. The third-order valence-electron chi connectivity index (χ3n) is 0. The summed E-state index contributed by atoms with van der Waals surface area (Å²) in [5, 5.41) is 0. The first-order valence-corrected chi connectivity index (χ1v) is 5.37. The number of rotatable bonds is 0. The minimum Gasteiger partial charge on any atom is -0.183 e. The van der Waals surface area contributed by atoms with Gasteiger partial charge in [-0.15, -0.1) is 0 Å². The summed E-state index contributed by atoms with van der Waals surface area (Å²) in [6.45, 7) is 0. The van der Waals surface area contributed by atoms with Crippen molar-refractivity contribution in [3.05, 3.63) is 0 Å². The third-order valence-corrected chi connectivity index (χ3v) is 0. The van der Waals surface area contributed by atoms with Crippen molar-refractivity contribution < 1.29 is 0 Å². The number of thiol groups is 4. The van der Waals surface area contributed by atoms with E-state index in [0.717, 1.165) is 0 Å². The van der Waals surface area contributed by atoms with E-state index < -0.39 is 0 Å². The van der Waals surface area contributed by atoms with Gasteiger partial charge < -0.3 is 0 Å². The molecule has 56 valence electrons. The first kappa shape index (κ1) is 22.7. The van der Waals surface area contributed by atoms with Gasteiger partial charge in [0.15, 0.2) is 0 Å². The maximum absolute atomic E-state index is 3.53. The van der Waals surface area contributed by atoms with Crippen LogP contribution in [0.5, 0.6) is 0 Å². The summed E-state index contributed by atoms with van der Waals surface area (Å²) >= 11 is 14.1. The van der Waals surface area contributed by atoms with E-state index in [1.54, 1.807) is 25.0 Å². The lowest BCUT2D eigenvalue weighted by atomic mass is 12.0. The number of hydrogen-bond acceptors (Lipinski definition) is 4. The van der Waals surface area contributed by atoms with Gasteiger partial charge >= 0.3 is 0 Å². The molecule has 0 nitrogen and oxygen atoms in total. The lowest BCUT2D eigenvalue weighted by Crippen LogP contribution is -0.865. The zero-order valence-electron chi connectivity index (χ0n) is 5.79. The molecule has 0 aromatic carbocycles. The van der Waals surface area contributed by atoms with Crippen LogP contribution in [-0.2, 0) is 0 Å². The van der Waals surface area contributed by atoms with Crippen LogP contribution >= 0.6 is 50.5 Å². The van der Waals surface area contributed by atoms with Crippen molar-refractivity contribution in [1.29, 1.82) is 0 Å². The van der Waals surface area contributed by atoms with Crippen LogP contribution in [0, 0.1) is 0 Å². The Morgan fingerprint density at radius 3 is 0.375 bits per heavy atom. The molecule has 0 aliphatic carbocycles. The molecule has 4 heteroatoms. The second kappa shape index (κ2) is 235. The van der Waals surface area contributed by atoms with E-state index >= 15 is 0 Å². The fraction of sp³-hybridized carbons (Fsp3) is 1.00. The highest BCUT2D eigenvalue weighted by molar-refractivity contribution is 7.79. The monoisotopic (exact) mass is 192 g/mol. The van der Waals surface area contributed by atoms with Gasteiger partial charge in [-0.1, -0.05) is 0 Å². The summed E-state index contributed by atoms with van der Waals surface area (Å²) < 4.78 is 0. The minimum absolute atomic E-state index is 1.69. The Kier molecular flexibility index (Phi) is 667. The van der Waals surface area contributed by atoms with E-state index in [1.165, 1.54) is 0 Å². The van der Waals surface area contributed by atoms with Gasteiger partial charge in [-0.25, -0.2) is 0 Å². The van der Waals surface area contributed by atoms with Crippen molar-refractivity contribution in [2.45, 2.75) is 0 Å². The zero-order chi connectivity index (χ0) is 8.00. The molecule has 0 aliphatic heterocycles. The van der Waals surface area contributed by atoms with Crippen molar-refractivity contribution >= 4 is 50.5 Å². The molecule has 0 saturated heterocycles. The molecule has 0 amide bonds. The summed E-state index contributed by atoms with van der Waals surface area (Å²) in [6.07, 6.45) is 6.78. The zero-order valence-corrected chi connectivity index (χ0v) is 9.37. The van der Waals surface area contributed by atoms with Gasteiger partial charge in [-0.3, -0.25) is 0 Å². The SMILES string of the molecule is CS.CS.CS.CS. The summed E-state index contributed by atoms with van der Waals surface area (Å²) in [4.78, 5) is 0. The van der Waals surface area contributed by atoms with E-state index in [-0.39, 0.29) is 0 Å². The second-order valence-electron chi connectivity index (χ2n) is 0. The van der Waals surface area contributed by atoms with Gasteiger partial charge in [0.25, 0.3) is 0 Å². The molecule has 0 bridgehead atoms. The molecule has 8 heavy (non-hydrogen) atoms. The van der Waals surface area contributed by atoms with Crippen LogP contribution in [0.3, 0.4) is 0 Å². The van der Waals surface area contributed by atoms with Gasteiger partial charge in [0, 0.05) is 0 Å². The van der Waals surface area contributed by atoms with Gasteiger partial charge in [-0.05, 0) is 25.0 Å². The standard InChI is InChI=1S/4CH4S/c4*1-2/h4*2H,1H3. The molecule has 0 atom stereocenters. The van der Waals surface area contributed by atoms with Gasteiger partial charge in [0.05, 0.1) is 0 Å². The Labute approximate surface area is 75.5 Å². The minimum atomic E-state index is 1.69. The van der Waals surface area contributed by atoms with Crippen LogP contribution in [0.4, 0.5) is 0 Å². The van der Waals surface area contributed by atoms with Gasteiger partial charge in [-0.2, -0.15) is 50.5 Å². The van der Waals surface area contributed by atoms with Crippen LogP contribution in [0.15, 0.2) is 0 Å². The second-order valence-corrected chi connectivity index (χ2v) is 0. The van der Waals surface area contributed by atoms with Crippen LogP contribution < -0.4 is 0 Å². The van der Waals surface area contributed by atoms with E-state index in [0.29, 0.717) is 0 Å². The molecule has 0 unspecified atom stereocenters. The molecule has 0 aliphatic rings. The molecule has 0 aromatic rings. The van der Waals surface area contributed by atoms with Crippen LogP contribution in [0.25, 0.3) is 0 Å². The fourth-order valence-corrected chi connectivity index (χ4v) is 0. The highest BCUT2D eigenvalue weighted by atomic mass is 32.1. The molecule has 0 spiro atoms. The molecule has 0 fully saturated rings. The lowest BCUT2D eigenvalue weighted by Gasteiger charge is -1.11. The Balaban J connectivity index is -0.0000000133. The van der Waals surface area contributed by atoms with Gasteiger partial charge in [0.2, 0.25) is 0 Å². The summed E-state index contributed by atoms with van der Waals surface area (Å²) in [7, 11) is 0. The first-order chi connectivity index (χ1) is 4.00. The largest absolute Gasteiger partial charge is 0.183 e. The van der Waals surface area contributed by atoms with Crippen molar-refractivity contribution in [1.82, 2.24) is 0 Å². The molecular formula is C4H16S4. The topological polar surface area (TPSA) is 0 Å². The van der Waals surface area contributed by atoms with Crippen molar-refractivity contribution in [2.24, 2.45) is 0 Å². The van der Waals surface area contributed by atoms with Crippen molar-refractivity contribution in [3.63, 3.8) is 0 Å². The third kappa shape index (κ3) is 155. The Morgan fingerprint density at radius 1 is 0.375 bits per heavy atom. The fourth-order valence-electron chi connectivity index (χ4n) is 0. The quantitative estimate of drug-likeness (QED) is 0.416. The van der Waals surface area contributed by atoms with E-state index in [4.69, 9.17) is 0 Å². The average Bonchev–Trinajstić information content (AvgIpc) is 2.03. The Morgan fingerprint density at radius 2 is 0.375 bits per heavy atom. The summed E-state index contributed by atoms with van der Waals surface area (Å²) in [5.41, 5.74) is 0. The molecular weight excluding hydrogens is 176 g/mol. The molecule has 0 N–H and O–H groups in total. The predicted octanol–water partition coefficient (Wildman–Crippen LogP) is 2.18. The smallest absolute Gasteiger partial charge is 0.0215 e. The van der Waals surface area contributed by atoms with Crippen LogP contribution in [0.1, 0.15) is 0 Å². The van der Waals surface area contributed by atoms with Crippen LogP contribution in [-0.4, -0.2) is 25.0 Å². The Hall–Kier alpha value is 1.40. The molecule has 0 heterocycles.